The Balaban J connectivity index is 2.36. The van der Waals surface area contributed by atoms with Crippen molar-refractivity contribution in [3.8, 4) is 0 Å². The zero-order chi connectivity index (χ0) is 14.3. The zero-order valence-corrected chi connectivity index (χ0v) is 11.9. The van der Waals surface area contributed by atoms with Gasteiger partial charge < -0.3 is 20.6 Å². The summed E-state index contributed by atoms with van der Waals surface area (Å²) in [5, 5.41) is 14.6. The van der Waals surface area contributed by atoms with Crippen LogP contribution < -0.4 is 10.6 Å². The molecule has 6 heteroatoms. The molecule has 19 heavy (non-hydrogen) atoms. The second kappa shape index (κ2) is 7.33. The third-order valence-corrected chi connectivity index (χ3v) is 3.83. The average molecular weight is 271 g/mol. The topological polar surface area (TPSA) is 81.7 Å². The Morgan fingerprint density at radius 2 is 1.79 bits per heavy atom. The Hall–Kier alpha value is -1.30. The number of urea groups is 1. The molecule has 0 aliphatic heterocycles. The monoisotopic (exact) mass is 271 g/mol. The lowest BCUT2D eigenvalue weighted by molar-refractivity contribution is -0.144. The summed E-state index contributed by atoms with van der Waals surface area (Å²) in [7, 11) is 0. The van der Waals surface area contributed by atoms with Gasteiger partial charge in [-0.15, -0.1) is 0 Å². The van der Waals surface area contributed by atoms with Crippen LogP contribution in [0, 0.1) is 0 Å². The number of carbonyl (C=O) groups is 2. The van der Waals surface area contributed by atoms with Crippen LogP contribution in [0.1, 0.15) is 39.5 Å². The first-order valence-corrected chi connectivity index (χ1v) is 7.06. The lowest BCUT2D eigenvalue weighted by Gasteiger charge is -2.26. The second-order valence-corrected chi connectivity index (χ2v) is 5.00. The highest BCUT2D eigenvalue weighted by atomic mass is 16.4. The van der Waals surface area contributed by atoms with Gasteiger partial charge in [-0.2, -0.15) is 0 Å². The van der Waals surface area contributed by atoms with Gasteiger partial charge in [-0.25, -0.2) is 9.59 Å². The van der Waals surface area contributed by atoms with Gasteiger partial charge in [0, 0.05) is 13.1 Å². The molecule has 1 rings (SSSR count). The van der Waals surface area contributed by atoms with Gasteiger partial charge in [0.05, 0.1) is 0 Å². The number of nitrogens with zero attached hydrogens (tertiary/aromatic N) is 1. The lowest BCUT2D eigenvalue weighted by Crippen LogP contribution is -2.56. The number of hydrogen-bond donors (Lipinski definition) is 3. The highest BCUT2D eigenvalue weighted by Gasteiger charge is 2.42. The van der Waals surface area contributed by atoms with E-state index in [1.165, 1.54) is 0 Å². The van der Waals surface area contributed by atoms with Crippen molar-refractivity contribution < 1.29 is 14.7 Å². The summed E-state index contributed by atoms with van der Waals surface area (Å²) in [5.74, 6) is -0.927. The van der Waals surface area contributed by atoms with Gasteiger partial charge in [0.2, 0.25) is 0 Å². The minimum absolute atomic E-state index is 0.378. The Kier molecular flexibility index (Phi) is 6.08. The van der Waals surface area contributed by atoms with Gasteiger partial charge in [0.15, 0.2) is 0 Å². The number of likely N-dealkylation sites (N-methyl/N-ethyl adjacent to an activating group) is 1. The van der Waals surface area contributed by atoms with Gasteiger partial charge in [0.25, 0.3) is 0 Å². The summed E-state index contributed by atoms with van der Waals surface area (Å²) >= 11 is 0. The number of carboxylic acid groups (broad SMARTS) is 1. The van der Waals surface area contributed by atoms with Crippen molar-refractivity contribution in [3.05, 3.63) is 0 Å². The molecule has 0 aromatic carbocycles. The fourth-order valence-corrected chi connectivity index (χ4v) is 2.50. The molecular formula is C13H25N3O3. The highest BCUT2D eigenvalue weighted by molar-refractivity contribution is 5.86. The maximum absolute atomic E-state index is 11.8. The fraction of sp³-hybridized carbons (Fsp3) is 0.846. The normalized spacial score (nSPS) is 17.4. The SMILES string of the molecule is CCN(CC)CCNC(=O)NC1(C(=O)O)CCCC1. The molecule has 110 valence electrons. The van der Waals surface area contributed by atoms with E-state index in [9.17, 15) is 14.7 Å². The quantitative estimate of drug-likeness (QED) is 0.646. The average Bonchev–Trinajstić information content (AvgIpc) is 2.84. The Morgan fingerprint density at radius 3 is 2.26 bits per heavy atom. The van der Waals surface area contributed by atoms with E-state index in [4.69, 9.17) is 0 Å². The van der Waals surface area contributed by atoms with E-state index in [1.807, 2.05) is 0 Å². The minimum Gasteiger partial charge on any atom is -0.480 e. The minimum atomic E-state index is -1.06. The molecule has 0 unspecified atom stereocenters. The maximum atomic E-state index is 11.8. The largest absolute Gasteiger partial charge is 0.480 e. The first kappa shape index (κ1) is 15.8. The molecule has 1 saturated carbocycles. The molecule has 0 saturated heterocycles. The van der Waals surface area contributed by atoms with Crippen LogP contribution in [0.15, 0.2) is 0 Å². The van der Waals surface area contributed by atoms with Crippen LogP contribution >= 0.6 is 0 Å². The molecule has 0 aromatic rings. The summed E-state index contributed by atoms with van der Waals surface area (Å²) in [6, 6.07) is -0.378. The van der Waals surface area contributed by atoms with Gasteiger partial charge >= 0.3 is 12.0 Å². The second-order valence-electron chi connectivity index (χ2n) is 5.00. The molecule has 0 heterocycles. The molecule has 3 N–H and O–H groups in total. The van der Waals surface area contributed by atoms with Crippen molar-refractivity contribution in [2.24, 2.45) is 0 Å². The Labute approximate surface area is 114 Å². The molecule has 1 aliphatic rings. The van der Waals surface area contributed by atoms with Crippen LogP contribution in [0.2, 0.25) is 0 Å². The van der Waals surface area contributed by atoms with Crippen LogP contribution in [0.4, 0.5) is 4.79 Å². The van der Waals surface area contributed by atoms with Gasteiger partial charge in [-0.05, 0) is 25.9 Å². The highest BCUT2D eigenvalue weighted by Crippen LogP contribution is 2.29. The molecule has 0 aromatic heterocycles. The molecule has 0 spiro atoms. The third-order valence-electron chi connectivity index (χ3n) is 3.83. The third kappa shape index (κ3) is 4.38. The maximum Gasteiger partial charge on any atom is 0.329 e. The summed E-state index contributed by atoms with van der Waals surface area (Å²) < 4.78 is 0. The van der Waals surface area contributed by atoms with Crippen LogP contribution in [0.3, 0.4) is 0 Å². The van der Waals surface area contributed by atoms with Crippen LogP contribution in [0.25, 0.3) is 0 Å². The van der Waals surface area contributed by atoms with E-state index in [0.29, 0.717) is 19.4 Å². The molecule has 2 amide bonds. The van der Waals surface area contributed by atoms with Crippen molar-refractivity contribution >= 4 is 12.0 Å². The lowest BCUT2D eigenvalue weighted by atomic mass is 9.98. The van der Waals surface area contributed by atoms with Crippen LogP contribution in [-0.4, -0.2) is 53.7 Å². The Bertz CT molecular complexity index is 310. The number of carbonyl (C=O) groups excluding carboxylic acids is 1. The zero-order valence-electron chi connectivity index (χ0n) is 11.9. The predicted octanol–water partition coefficient (Wildman–Crippen LogP) is 1.02. The number of aliphatic carboxylic acids is 1. The molecule has 1 aliphatic carbocycles. The number of hydrogen-bond acceptors (Lipinski definition) is 3. The van der Waals surface area contributed by atoms with E-state index in [1.54, 1.807) is 0 Å². The number of amides is 2. The van der Waals surface area contributed by atoms with Gasteiger partial charge in [0.1, 0.15) is 5.54 Å². The standard InChI is InChI=1S/C13H25N3O3/c1-3-16(4-2)10-9-14-12(19)15-13(11(17)18)7-5-6-8-13/h3-10H2,1-2H3,(H,17,18)(H2,14,15,19). The summed E-state index contributed by atoms with van der Waals surface area (Å²) in [6.07, 6.45) is 2.75. The van der Waals surface area contributed by atoms with E-state index in [-0.39, 0.29) is 6.03 Å². The van der Waals surface area contributed by atoms with Crippen molar-refractivity contribution in [3.63, 3.8) is 0 Å². The molecular weight excluding hydrogens is 246 g/mol. The van der Waals surface area contributed by atoms with E-state index < -0.39 is 11.5 Å². The number of nitrogens with one attached hydrogen (secondary N) is 2. The number of rotatable bonds is 7. The van der Waals surface area contributed by atoms with Crippen molar-refractivity contribution in [2.45, 2.75) is 45.1 Å². The molecule has 0 radical (unpaired) electrons. The fourth-order valence-electron chi connectivity index (χ4n) is 2.50. The Morgan fingerprint density at radius 1 is 1.21 bits per heavy atom. The predicted molar refractivity (Wildman–Crippen MR) is 73.2 cm³/mol. The summed E-state index contributed by atoms with van der Waals surface area (Å²) in [5.41, 5.74) is -1.06. The van der Waals surface area contributed by atoms with E-state index >= 15 is 0 Å². The molecule has 6 nitrogen and oxygen atoms in total. The van der Waals surface area contributed by atoms with E-state index in [0.717, 1.165) is 32.5 Å². The smallest absolute Gasteiger partial charge is 0.329 e. The molecule has 0 atom stereocenters. The molecule has 0 bridgehead atoms. The first-order chi connectivity index (χ1) is 9.04. The summed E-state index contributed by atoms with van der Waals surface area (Å²) in [6.45, 7) is 7.34. The number of carboxylic acids is 1. The van der Waals surface area contributed by atoms with Gasteiger partial charge in [-0.1, -0.05) is 26.7 Å². The van der Waals surface area contributed by atoms with Crippen molar-refractivity contribution in [2.75, 3.05) is 26.2 Å². The van der Waals surface area contributed by atoms with Crippen molar-refractivity contribution in [1.82, 2.24) is 15.5 Å². The van der Waals surface area contributed by atoms with Crippen LogP contribution in [0.5, 0.6) is 0 Å². The summed E-state index contributed by atoms with van der Waals surface area (Å²) in [4.78, 5) is 25.2. The van der Waals surface area contributed by atoms with Gasteiger partial charge in [-0.3, -0.25) is 0 Å². The van der Waals surface area contributed by atoms with Crippen molar-refractivity contribution in [1.29, 1.82) is 0 Å². The van der Waals surface area contributed by atoms with Crippen LogP contribution in [-0.2, 0) is 4.79 Å². The first-order valence-electron chi connectivity index (χ1n) is 7.06. The molecule has 1 fully saturated rings. The van der Waals surface area contributed by atoms with E-state index in [2.05, 4.69) is 29.4 Å².